The van der Waals surface area contributed by atoms with E-state index in [0.717, 1.165) is 62.4 Å². The molecule has 0 saturated carbocycles. The second-order valence-electron chi connectivity index (χ2n) is 8.53. The van der Waals surface area contributed by atoms with Crippen LogP contribution in [0, 0.1) is 0 Å². The fourth-order valence-corrected chi connectivity index (χ4v) is 4.44. The molecule has 2 aliphatic rings. The number of aromatic nitrogens is 3. The van der Waals surface area contributed by atoms with Crippen molar-refractivity contribution >= 4 is 11.9 Å². The first-order valence-corrected chi connectivity index (χ1v) is 11.4. The van der Waals surface area contributed by atoms with Gasteiger partial charge in [-0.1, -0.05) is 24.3 Å². The van der Waals surface area contributed by atoms with E-state index >= 15 is 0 Å². The summed E-state index contributed by atoms with van der Waals surface area (Å²) in [6, 6.07) is 13.9. The van der Waals surface area contributed by atoms with Gasteiger partial charge in [0.05, 0.1) is 24.3 Å². The molecule has 5 rings (SSSR count). The van der Waals surface area contributed by atoms with Crippen LogP contribution in [-0.2, 0) is 28.8 Å². The lowest BCUT2D eigenvalue weighted by molar-refractivity contribution is -0.132. The van der Waals surface area contributed by atoms with Crippen molar-refractivity contribution < 1.29 is 14.3 Å². The van der Waals surface area contributed by atoms with Gasteiger partial charge in [-0.15, -0.1) is 0 Å². The van der Waals surface area contributed by atoms with Crippen molar-refractivity contribution in [3.8, 4) is 5.69 Å². The van der Waals surface area contributed by atoms with E-state index in [-0.39, 0.29) is 11.9 Å². The molecule has 1 saturated heterocycles. The van der Waals surface area contributed by atoms with Crippen LogP contribution in [0.15, 0.2) is 55.1 Å². The first-order valence-electron chi connectivity index (χ1n) is 11.4. The van der Waals surface area contributed by atoms with Crippen LogP contribution in [0.4, 0.5) is 0 Å². The maximum absolute atomic E-state index is 12.8. The van der Waals surface area contributed by atoms with E-state index in [1.54, 1.807) is 11.0 Å². The Morgan fingerprint density at radius 2 is 1.79 bits per heavy atom. The Kier molecular flexibility index (Phi) is 6.17. The lowest BCUT2D eigenvalue weighted by Crippen LogP contribution is -2.49. The number of hydrogen-bond donors (Lipinski definition) is 0. The first-order chi connectivity index (χ1) is 16.2. The molecule has 1 aromatic heterocycles. The number of fused-ring (bicyclic) bond motifs is 1. The number of nitrogens with zero attached hydrogens (tertiary/aromatic N) is 5. The maximum atomic E-state index is 12.8. The Balaban J connectivity index is 1.08. The zero-order chi connectivity index (χ0) is 22.6. The average molecular weight is 446 g/mol. The van der Waals surface area contributed by atoms with Crippen LogP contribution < -0.4 is 0 Å². The van der Waals surface area contributed by atoms with Crippen molar-refractivity contribution in [3.05, 3.63) is 77.4 Å². The Labute approximate surface area is 192 Å². The quantitative estimate of drug-likeness (QED) is 0.540. The van der Waals surface area contributed by atoms with E-state index in [2.05, 4.69) is 21.0 Å². The molecule has 8 nitrogen and oxygen atoms in total. The van der Waals surface area contributed by atoms with Crippen molar-refractivity contribution in [2.24, 2.45) is 0 Å². The van der Waals surface area contributed by atoms with Crippen LogP contribution >= 0.6 is 0 Å². The second kappa shape index (κ2) is 9.54. The van der Waals surface area contributed by atoms with Gasteiger partial charge in [0, 0.05) is 39.1 Å². The van der Waals surface area contributed by atoms with Crippen LogP contribution in [0.25, 0.3) is 5.69 Å². The molecule has 8 heteroatoms. The molecule has 3 aromatic rings. The van der Waals surface area contributed by atoms with Crippen LogP contribution in [0.5, 0.6) is 0 Å². The number of rotatable bonds is 6. The summed E-state index contributed by atoms with van der Waals surface area (Å²) in [5.74, 6) is -0.0422. The number of amides is 1. The number of carbonyl (C=O) groups is 2. The van der Waals surface area contributed by atoms with Crippen LogP contribution in [0.2, 0.25) is 0 Å². The Morgan fingerprint density at radius 1 is 1.00 bits per heavy atom. The molecule has 0 unspecified atom stereocenters. The predicted molar refractivity (Wildman–Crippen MR) is 122 cm³/mol. The third-order valence-electron chi connectivity index (χ3n) is 6.41. The van der Waals surface area contributed by atoms with Crippen molar-refractivity contribution in [1.82, 2.24) is 24.6 Å². The second-order valence-corrected chi connectivity index (χ2v) is 8.53. The summed E-state index contributed by atoms with van der Waals surface area (Å²) in [5, 5.41) is 4.12. The summed E-state index contributed by atoms with van der Waals surface area (Å²) in [4.78, 5) is 32.9. The summed E-state index contributed by atoms with van der Waals surface area (Å²) in [6.07, 6.45) is 5.30. The highest BCUT2D eigenvalue weighted by molar-refractivity contribution is 5.92. The van der Waals surface area contributed by atoms with Crippen LogP contribution in [0.1, 0.15) is 27.0 Å². The highest BCUT2D eigenvalue weighted by Crippen LogP contribution is 2.19. The highest BCUT2D eigenvalue weighted by atomic mass is 16.5. The maximum Gasteiger partial charge on any atom is 0.338 e. The van der Waals surface area contributed by atoms with E-state index in [1.165, 1.54) is 11.9 Å². The Hall–Kier alpha value is -3.52. The van der Waals surface area contributed by atoms with E-state index in [1.807, 2.05) is 41.3 Å². The van der Waals surface area contributed by atoms with Crippen molar-refractivity contribution in [1.29, 1.82) is 0 Å². The number of ether oxygens (including phenoxy) is 1. The predicted octanol–water partition coefficient (Wildman–Crippen LogP) is 1.91. The third kappa shape index (κ3) is 4.96. The molecule has 1 fully saturated rings. The fraction of sp³-hybridized carbons (Fsp3) is 0.360. The molecule has 0 spiro atoms. The molecular weight excluding hydrogens is 418 g/mol. The van der Waals surface area contributed by atoms with Gasteiger partial charge in [-0.25, -0.2) is 14.5 Å². The lowest BCUT2D eigenvalue weighted by Gasteiger charge is -2.35. The number of hydrogen-bond acceptors (Lipinski definition) is 6. The van der Waals surface area contributed by atoms with Gasteiger partial charge >= 0.3 is 5.97 Å². The molecule has 170 valence electrons. The summed E-state index contributed by atoms with van der Waals surface area (Å²) in [6.45, 7) is 4.70. The molecule has 0 bridgehead atoms. The molecule has 2 aliphatic heterocycles. The summed E-state index contributed by atoms with van der Waals surface area (Å²) >= 11 is 0. The standard InChI is InChI=1S/C25H27N5O3/c31-24(16-19-1-4-22(5-2-19)30-18-26-17-27-30)29-12-10-28(11-13-29)9-7-20-3-6-23-21(15-20)8-14-33-25(23)32/h1-6,15,17-18H,7-14,16H2. The minimum atomic E-state index is -0.213. The number of esters is 1. The summed E-state index contributed by atoms with van der Waals surface area (Å²) in [7, 11) is 0. The highest BCUT2D eigenvalue weighted by Gasteiger charge is 2.22. The van der Waals surface area contributed by atoms with Crippen molar-refractivity contribution in [3.63, 3.8) is 0 Å². The molecule has 3 heterocycles. The Bertz CT molecular complexity index is 1120. The molecular formula is C25H27N5O3. The fourth-order valence-electron chi connectivity index (χ4n) is 4.44. The van der Waals surface area contributed by atoms with E-state index in [4.69, 9.17) is 4.74 Å². The monoisotopic (exact) mass is 445 g/mol. The zero-order valence-corrected chi connectivity index (χ0v) is 18.5. The van der Waals surface area contributed by atoms with Gasteiger partial charge < -0.3 is 9.64 Å². The number of carbonyl (C=O) groups excluding carboxylic acids is 2. The molecule has 0 aliphatic carbocycles. The molecule has 0 N–H and O–H groups in total. The molecule has 33 heavy (non-hydrogen) atoms. The van der Waals surface area contributed by atoms with Gasteiger partial charge in [0.15, 0.2) is 0 Å². The molecule has 0 radical (unpaired) electrons. The zero-order valence-electron chi connectivity index (χ0n) is 18.5. The van der Waals surface area contributed by atoms with Crippen molar-refractivity contribution in [2.75, 3.05) is 39.3 Å². The van der Waals surface area contributed by atoms with Gasteiger partial charge in [0.1, 0.15) is 12.7 Å². The SMILES string of the molecule is O=C1OCCc2cc(CCN3CCN(C(=O)Cc4ccc(-n5cncn5)cc4)CC3)ccc21. The molecule has 1 amide bonds. The Morgan fingerprint density at radius 3 is 2.55 bits per heavy atom. The van der Waals surface area contributed by atoms with E-state index in [9.17, 15) is 9.59 Å². The van der Waals surface area contributed by atoms with Gasteiger partial charge in [-0.2, -0.15) is 5.10 Å². The molecule has 2 aromatic carbocycles. The summed E-state index contributed by atoms with van der Waals surface area (Å²) in [5.41, 5.74) is 4.97. The minimum Gasteiger partial charge on any atom is -0.462 e. The smallest absolute Gasteiger partial charge is 0.338 e. The topological polar surface area (TPSA) is 80.6 Å². The third-order valence-corrected chi connectivity index (χ3v) is 6.41. The lowest BCUT2D eigenvalue weighted by atomic mass is 9.98. The van der Waals surface area contributed by atoms with Crippen LogP contribution in [0.3, 0.4) is 0 Å². The largest absolute Gasteiger partial charge is 0.462 e. The number of piperazine rings is 1. The van der Waals surface area contributed by atoms with E-state index in [0.29, 0.717) is 18.6 Å². The number of cyclic esters (lactones) is 1. The average Bonchev–Trinajstić information content (AvgIpc) is 3.39. The van der Waals surface area contributed by atoms with E-state index < -0.39 is 0 Å². The minimum absolute atomic E-state index is 0.171. The summed E-state index contributed by atoms with van der Waals surface area (Å²) < 4.78 is 6.80. The van der Waals surface area contributed by atoms with Gasteiger partial charge in [-0.05, 0) is 41.3 Å². The number of benzene rings is 2. The van der Waals surface area contributed by atoms with Crippen molar-refractivity contribution in [2.45, 2.75) is 19.3 Å². The molecule has 0 atom stereocenters. The first kappa shape index (κ1) is 21.3. The van der Waals surface area contributed by atoms with Gasteiger partial charge in [0.25, 0.3) is 0 Å². The van der Waals surface area contributed by atoms with Gasteiger partial charge in [0.2, 0.25) is 5.91 Å². The van der Waals surface area contributed by atoms with Crippen LogP contribution in [-0.4, -0.2) is 75.8 Å². The van der Waals surface area contributed by atoms with Gasteiger partial charge in [-0.3, -0.25) is 9.69 Å². The normalized spacial score (nSPS) is 16.4.